The standard InChI is InChI=1S/C28H30FN3O5/c1-16(2)25(26(35)24-17(3)27(36)32-28(24)37)31-23(34)15-21(19-7-5-4-6-8-19)30-22(33)14-11-18-9-12-20(29)13-10-18/h4-14,16-17,21,24-25H,15H2,1-3H3,(H,30,33)(H,31,34)(H,32,36,37)/b14-11+/t17-,21-,24+,25-/m0/s1. The maximum absolute atomic E-state index is 13.1. The minimum atomic E-state index is -1.17. The van der Waals surface area contributed by atoms with E-state index in [0.29, 0.717) is 11.1 Å². The van der Waals surface area contributed by atoms with Crippen LogP contribution >= 0.6 is 0 Å². The molecule has 3 N–H and O–H groups in total. The third-order valence-corrected chi connectivity index (χ3v) is 6.24. The van der Waals surface area contributed by atoms with Crippen LogP contribution in [0.2, 0.25) is 0 Å². The third kappa shape index (κ3) is 7.19. The fourth-order valence-electron chi connectivity index (χ4n) is 4.15. The first kappa shape index (κ1) is 27.4. The van der Waals surface area contributed by atoms with E-state index in [1.165, 1.54) is 43.3 Å². The molecule has 9 heteroatoms. The molecule has 1 saturated heterocycles. The smallest absolute Gasteiger partial charge is 0.244 e. The number of nitrogens with one attached hydrogen (secondary N) is 3. The summed E-state index contributed by atoms with van der Waals surface area (Å²) in [5.41, 5.74) is 1.32. The van der Waals surface area contributed by atoms with E-state index in [2.05, 4.69) is 16.0 Å². The lowest BCUT2D eigenvalue weighted by Crippen LogP contribution is -2.49. The quantitative estimate of drug-likeness (QED) is 0.259. The number of ketones is 1. The maximum atomic E-state index is 13.1. The van der Waals surface area contributed by atoms with E-state index in [0.717, 1.165) is 0 Å². The average molecular weight is 508 g/mol. The highest BCUT2D eigenvalue weighted by Crippen LogP contribution is 2.24. The monoisotopic (exact) mass is 507 g/mol. The summed E-state index contributed by atoms with van der Waals surface area (Å²) in [4.78, 5) is 62.8. The molecule has 1 aliphatic rings. The van der Waals surface area contributed by atoms with Crippen molar-refractivity contribution in [1.82, 2.24) is 16.0 Å². The van der Waals surface area contributed by atoms with E-state index in [4.69, 9.17) is 0 Å². The number of benzene rings is 2. The number of rotatable bonds is 10. The minimum absolute atomic E-state index is 0.165. The highest BCUT2D eigenvalue weighted by molar-refractivity contribution is 6.16. The molecule has 8 nitrogen and oxygen atoms in total. The minimum Gasteiger partial charge on any atom is -0.346 e. The predicted octanol–water partition coefficient (Wildman–Crippen LogP) is 2.71. The molecule has 37 heavy (non-hydrogen) atoms. The van der Waals surface area contributed by atoms with Crippen molar-refractivity contribution in [1.29, 1.82) is 0 Å². The largest absolute Gasteiger partial charge is 0.346 e. The molecule has 2 aromatic rings. The number of amides is 4. The molecule has 0 saturated carbocycles. The van der Waals surface area contributed by atoms with Crippen LogP contribution in [-0.4, -0.2) is 35.5 Å². The summed E-state index contributed by atoms with van der Waals surface area (Å²) in [5, 5.41) is 7.66. The van der Waals surface area contributed by atoms with E-state index >= 15 is 0 Å². The molecule has 4 atom stereocenters. The molecule has 0 aromatic heterocycles. The fraction of sp³-hybridized carbons (Fsp3) is 0.321. The van der Waals surface area contributed by atoms with Gasteiger partial charge in [0.05, 0.1) is 24.4 Å². The second-order valence-corrected chi connectivity index (χ2v) is 9.37. The Morgan fingerprint density at radius 3 is 2.19 bits per heavy atom. The molecule has 1 heterocycles. The van der Waals surface area contributed by atoms with Crippen molar-refractivity contribution >= 4 is 35.5 Å². The van der Waals surface area contributed by atoms with Crippen molar-refractivity contribution in [2.75, 3.05) is 0 Å². The molecule has 0 bridgehead atoms. The molecular weight excluding hydrogens is 477 g/mol. The topological polar surface area (TPSA) is 121 Å². The van der Waals surface area contributed by atoms with Gasteiger partial charge in [0.15, 0.2) is 5.78 Å². The number of hydrogen-bond acceptors (Lipinski definition) is 5. The number of carbonyl (C=O) groups is 5. The van der Waals surface area contributed by atoms with Gasteiger partial charge in [0.25, 0.3) is 0 Å². The first-order valence-electron chi connectivity index (χ1n) is 12.0. The number of hydrogen-bond donors (Lipinski definition) is 3. The van der Waals surface area contributed by atoms with E-state index in [1.54, 1.807) is 44.2 Å². The molecule has 1 fully saturated rings. The van der Waals surface area contributed by atoms with Gasteiger partial charge in [-0.2, -0.15) is 0 Å². The van der Waals surface area contributed by atoms with Gasteiger partial charge in [0.2, 0.25) is 23.6 Å². The normalized spacial score (nSPS) is 18.9. The van der Waals surface area contributed by atoms with Crippen LogP contribution in [0.4, 0.5) is 4.39 Å². The van der Waals surface area contributed by atoms with Gasteiger partial charge in [-0.25, -0.2) is 4.39 Å². The summed E-state index contributed by atoms with van der Waals surface area (Å²) in [7, 11) is 0. The Bertz CT molecular complexity index is 1190. The third-order valence-electron chi connectivity index (χ3n) is 6.24. The zero-order valence-electron chi connectivity index (χ0n) is 20.9. The highest BCUT2D eigenvalue weighted by Gasteiger charge is 2.46. The lowest BCUT2D eigenvalue weighted by atomic mass is 9.85. The van der Waals surface area contributed by atoms with Crippen LogP contribution in [0.15, 0.2) is 60.7 Å². The van der Waals surface area contributed by atoms with Crippen molar-refractivity contribution in [3.05, 3.63) is 77.6 Å². The maximum Gasteiger partial charge on any atom is 0.244 e. The van der Waals surface area contributed by atoms with Crippen molar-refractivity contribution < 1.29 is 28.4 Å². The summed E-state index contributed by atoms with van der Waals surface area (Å²) in [6, 6.07) is 12.8. The van der Waals surface area contributed by atoms with Crippen molar-refractivity contribution in [3.8, 4) is 0 Å². The summed E-state index contributed by atoms with van der Waals surface area (Å²) >= 11 is 0. The SMILES string of the molecule is CC(C)[C@H](NC(=O)C[C@H](NC(=O)/C=C/c1ccc(F)cc1)c1ccccc1)C(=O)[C@@H]1C(=O)NC(=O)[C@H]1C. The first-order chi connectivity index (χ1) is 17.6. The zero-order valence-corrected chi connectivity index (χ0v) is 20.9. The number of halogens is 1. The Hall–Kier alpha value is -4.14. The van der Waals surface area contributed by atoms with Gasteiger partial charge in [-0.15, -0.1) is 0 Å². The summed E-state index contributed by atoms with van der Waals surface area (Å²) in [6.45, 7) is 4.97. The van der Waals surface area contributed by atoms with Crippen molar-refractivity contribution in [2.24, 2.45) is 17.8 Å². The Labute approximate surface area is 214 Å². The Morgan fingerprint density at radius 2 is 1.62 bits per heavy atom. The van der Waals surface area contributed by atoms with Crippen molar-refractivity contribution in [3.63, 3.8) is 0 Å². The second kappa shape index (κ2) is 12.2. The van der Waals surface area contributed by atoms with E-state index in [-0.39, 0.29) is 18.2 Å². The van der Waals surface area contributed by atoms with Gasteiger partial charge < -0.3 is 10.6 Å². The van der Waals surface area contributed by atoms with Gasteiger partial charge in [0, 0.05) is 6.08 Å². The fourth-order valence-corrected chi connectivity index (χ4v) is 4.15. The molecule has 194 valence electrons. The zero-order chi connectivity index (χ0) is 27.1. The van der Waals surface area contributed by atoms with Crippen LogP contribution in [0.25, 0.3) is 6.08 Å². The van der Waals surface area contributed by atoms with Crippen LogP contribution < -0.4 is 16.0 Å². The Kier molecular flexibility index (Phi) is 9.05. The van der Waals surface area contributed by atoms with E-state index < -0.39 is 53.3 Å². The molecule has 3 rings (SSSR count). The molecule has 1 aliphatic heterocycles. The number of Topliss-reactive ketones (excluding diaryl/α,β-unsaturated/α-hetero) is 1. The van der Waals surface area contributed by atoms with Gasteiger partial charge in [-0.05, 0) is 35.3 Å². The van der Waals surface area contributed by atoms with Gasteiger partial charge >= 0.3 is 0 Å². The van der Waals surface area contributed by atoms with Crippen LogP contribution in [-0.2, 0) is 24.0 Å². The van der Waals surface area contributed by atoms with Crippen LogP contribution in [0.3, 0.4) is 0 Å². The molecule has 4 amide bonds. The van der Waals surface area contributed by atoms with Crippen LogP contribution in [0.1, 0.15) is 44.4 Å². The molecule has 0 spiro atoms. The first-order valence-corrected chi connectivity index (χ1v) is 12.0. The van der Waals surface area contributed by atoms with E-state index in [1.807, 2.05) is 0 Å². The summed E-state index contributed by atoms with van der Waals surface area (Å²) in [5.74, 6) is -5.37. The van der Waals surface area contributed by atoms with Crippen LogP contribution in [0.5, 0.6) is 0 Å². The summed E-state index contributed by atoms with van der Waals surface area (Å²) < 4.78 is 13.1. The average Bonchev–Trinajstić information content (AvgIpc) is 3.12. The number of carbonyl (C=O) groups excluding carboxylic acids is 5. The van der Waals surface area contributed by atoms with E-state index in [9.17, 15) is 28.4 Å². The lowest BCUT2D eigenvalue weighted by Gasteiger charge is -2.25. The molecule has 0 aliphatic carbocycles. The number of imide groups is 1. The van der Waals surface area contributed by atoms with Crippen LogP contribution in [0, 0.1) is 23.6 Å². The van der Waals surface area contributed by atoms with Gasteiger partial charge in [0.1, 0.15) is 11.7 Å². The lowest BCUT2D eigenvalue weighted by molar-refractivity contribution is -0.137. The highest BCUT2D eigenvalue weighted by atomic mass is 19.1. The molecule has 0 unspecified atom stereocenters. The Balaban J connectivity index is 1.72. The Morgan fingerprint density at radius 1 is 0.973 bits per heavy atom. The summed E-state index contributed by atoms with van der Waals surface area (Å²) in [6.07, 6.45) is 2.65. The molecule has 0 radical (unpaired) electrons. The van der Waals surface area contributed by atoms with Gasteiger partial charge in [-0.3, -0.25) is 29.3 Å². The predicted molar refractivity (Wildman–Crippen MR) is 135 cm³/mol. The van der Waals surface area contributed by atoms with Crippen molar-refractivity contribution in [2.45, 2.75) is 39.3 Å². The van der Waals surface area contributed by atoms with Gasteiger partial charge in [-0.1, -0.05) is 63.2 Å². The molecule has 2 aromatic carbocycles. The molecular formula is C28H30FN3O5. The second-order valence-electron chi connectivity index (χ2n) is 9.37.